The Morgan fingerprint density at radius 1 is 1.46 bits per heavy atom. The van der Waals surface area contributed by atoms with Crippen molar-refractivity contribution in [3.05, 3.63) is 23.3 Å². The van der Waals surface area contributed by atoms with Crippen LogP contribution < -0.4 is 9.47 Å². The predicted octanol–water partition coefficient (Wildman–Crippen LogP) is 1.85. The molecule has 1 aliphatic rings. The van der Waals surface area contributed by atoms with E-state index in [9.17, 15) is 0 Å². The zero-order valence-electron chi connectivity index (χ0n) is 7.33. The van der Waals surface area contributed by atoms with Crippen LogP contribution in [0, 0.1) is 11.3 Å². The summed E-state index contributed by atoms with van der Waals surface area (Å²) in [6.45, 7) is 2.26. The first-order chi connectivity index (χ1) is 6.36. The molecule has 13 heavy (non-hydrogen) atoms. The molecule has 66 valence electrons. The molecule has 0 aromatic heterocycles. The van der Waals surface area contributed by atoms with Gasteiger partial charge in [0.25, 0.3) is 0 Å². The van der Waals surface area contributed by atoms with Crippen LogP contribution in [0.3, 0.4) is 0 Å². The number of ether oxygens (including phenoxy) is 2. The van der Waals surface area contributed by atoms with Crippen LogP contribution in [-0.4, -0.2) is 6.79 Å². The standard InChI is InChI=1S/C10H9NO2/c1-2-8-7(5-11)3-4-9-10(8)13-6-12-9/h3-4H,2,6H2,1H3. The number of nitrogens with zero attached hydrogens (tertiary/aromatic N) is 1. The Morgan fingerprint density at radius 3 is 3.00 bits per heavy atom. The Labute approximate surface area is 76.5 Å². The molecular formula is C10H9NO2. The lowest BCUT2D eigenvalue weighted by molar-refractivity contribution is 0.173. The lowest BCUT2D eigenvalue weighted by Gasteiger charge is -2.04. The third-order valence-corrected chi connectivity index (χ3v) is 2.12. The molecule has 3 nitrogen and oxygen atoms in total. The van der Waals surface area contributed by atoms with Crippen LogP contribution in [-0.2, 0) is 6.42 Å². The molecule has 0 saturated carbocycles. The van der Waals surface area contributed by atoms with Crippen molar-refractivity contribution in [2.45, 2.75) is 13.3 Å². The van der Waals surface area contributed by atoms with E-state index in [0.29, 0.717) is 5.56 Å². The highest BCUT2D eigenvalue weighted by molar-refractivity contribution is 5.55. The summed E-state index contributed by atoms with van der Waals surface area (Å²) >= 11 is 0. The van der Waals surface area contributed by atoms with Gasteiger partial charge in [-0.15, -0.1) is 0 Å². The summed E-state index contributed by atoms with van der Waals surface area (Å²) in [7, 11) is 0. The highest BCUT2D eigenvalue weighted by Crippen LogP contribution is 2.37. The van der Waals surface area contributed by atoms with Crippen molar-refractivity contribution in [1.82, 2.24) is 0 Å². The fraction of sp³-hybridized carbons (Fsp3) is 0.300. The van der Waals surface area contributed by atoms with Gasteiger partial charge in [0.1, 0.15) is 0 Å². The van der Waals surface area contributed by atoms with E-state index in [4.69, 9.17) is 14.7 Å². The van der Waals surface area contributed by atoms with Crippen molar-refractivity contribution in [1.29, 1.82) is 5.26 Å². The summed E-state index contributed by atoms with van der Waals surface area (Å²) in [6.07, 6.45) is 0.787. The van der Waals surface area contributed by atoms with Crippen LogP contribution in [0.4, 0.5) is 0 Å². The zero-order valence-corrected chi connectivity index (χ0v) is 7.33. The Morgan fingerprint density at radius 2 is 2.31 bits per heavy atom. The predicted molar refractivity (Wildman–Crippen MR) is 46.7 cm³/mol. The Balaban J connectivity index is 2.61. The molecule has 0 fully saturated rings. The normalized spacial score (nSPS) is 12.6. The van der Waals surface area contributed by atoms with Gasteiger partial charge in [-0.3, -0.25) is 0 Å². The van der Waals surface area contributed by atoms with E-state index in [2.05, 4.69) is 6.07 Å². The molecule has 0 saturated heterocycles. The quantitative estimate of drug-likeness (QED) is 0.654. The first kappa shape index (κ1) is 7.93. The number of hydrogen-bond acceptors (Lipinski definition) is 3. The topological polar surface area (TPSA) is 42.2 Å². The average molecular weight is 175 g/mol. The maximum atomic E-state index is 8.83. The molecule has 1 aromatic rings. The summed E-state index contributed by atoms with van der Waals surface area (Å²) in [5.41, 5.74) is 1.62. The van der Waals surface area contributed by atoms with Gasteiger partial charge in [-0.05, 0) is 18.6 Å². The summed E-state index contributed by atoms with van der Waals surface area (Å²) in [6, 6.07) is 5.69. The third-order valence-electron chi connectivity index (χ3n) is 2.12. The highest BCUT2D eigenvalue weighted by Gasteiger charge is 2.19. The van der Waals surface area contributed by atoms with Gasteiger partial charge in [-0.2, -0.15) is 5.26 Å². The minimum absolute atomic E-state index is 0.261. The summed E-state index contributed by atoms with van der Waals surface area (Å²) in [5.74, 6) is 1.48. The molecule has 0 unspecified atom stereocenters. The zero-order chi connectivity index (χ0) is 9.26. The largest absolute Gasteiger partial charge is 0.454 e. The van der Waals surface area contributed by atoms with E-state index in [1.807, 2.05) is 6.92 Å². The number of hydrogen-bond donors (Lipinski definition) is 0. The smallest absolute Gasteiger partial charge is 0.231 e. The van der Waals surface area contributed by atoms with Crippen molar-refractivity contribution >= 4 is 0 Å². The average Bonchev–Trinajstić information content (AvgIpc) is 2.63. The van der Waals surface area contributed by atoms with E-state index in [0.717, 1.165) is 23.5 Å². The summed E-state index contributed by atoms with van der Waals surface area (Å²) < 4.78 is 10.5. The van der Waals surface area contributed by atoms with Crippen LogP contribution in [0.15, 0.2) is 12.1 Å². The number of rotatable bonds is 1. The maximum absolute atomic E-state index is 8.83. The van der Waals surface area contributed by atoms with Crippen molar-refractivity contribution in [3.63, 3.8) is 0 Å². The molecule has 1 aliphatic heterocycles. The van der Waals surface area contributed by atoms with Gasteiger partial charge >= 0.3 is 0 Å². The molecule has 0 spiro atoms. The van der Waals surface area contributed by atoms with E-state index in [1.54, 1.807) is 12.1 Å². The summed E-state index contributed by atoms with van der Waals surface area (Å²) in [4.78, 5) is 0. The molecule has 0 amide bonds. The second kappa shape index (κ2) is 2.98. The highest BCUT2D eigenvalue weighted by atomic mass is 16.7. The molecule has 0 radical (unpaired) electrons. The Hall–Kier alpha value is -1.69. The fourth-order valence-electron chi connectivity index (χ4n) is 1.49. The number of benzene rings is 1. The van der Waals surface area contributed by atoms with Crippen molar-refractivity contribution in [3.8, 4) is 17.6 Å². The van der Waals surface area contributed by atoms with E-state index >= 15 is 0 Å². The lowest BCUT2D eigenvalue weighted by Crippen LogP contribution is -1.95. The second-order valence-corrected chi connectivity index (χ2v) is 2.79. The second-order valence-electron chi connectivity index (χ2n) is 2.79. The molecule has 1 aromatic carbocycles. The van der Waals surface area contributed by atoms with Gasteiger partial charge in [-0.1, -0.05) is 6.92 Å². The van der Waals surface area contributed by atoms with Gasteiger partial charge in [0, 0.05) is 5.56 Å². The van der Waals surface area contributed by atoms with Crippen LogP contribution in [0.25, 0.3) is 0 Å². The Bertz CT molecular complexity index is 379. The molecule has 0 N–H and O–H groups in total. The molecular weight excluding hydrogens is 166 g/mol. The number of fused-ring (bicyclic) bond motifs is 1. The monoisotopic (exact) mass is 175 g/mol. The lowest BCUT2D eigenvalue weighted by atomic mass is 10.0. The third kappa shape index (κ3) is 1.11. The van der Waals surface area contributed by atoms with Crippen LogP contribution in [0.2, 0.25) is 0 Å². The van der Waals surface area contributed by atoms with Gasteiger partial charge < -0.3 is 9.47 Å². The minimum atomic E-state index is 0.261. The number of nitriles is 1. The van der Waals surface area contributed by atoms with E-state index < -0.39 is 0 Å². The fourth-order valence-corrected chi connectivity index (χ4v) is 1.49. The van der Waals surface area contributed by atoms with Gasteiger partial charge in [0.2, 0.25) is 6.79 Å². The van der Waals surface area contributed by atoms with Crippen LogP contribution >= 0.6 is 0 Å². The first-order valence-electron chi connectivity index (χ1n) is 4.18. The van der Waals surface area contributed by atoms with Crippen LogP contribution in [0.1, 0.15) is 18.1 Å². The molecule has 0 bridgehead atoms. The molecule has 0 aliphatic carbocycles. The first-order valence-corrected chi connectivity index (χ1v) is 4.18. The molecule has 2 rings (SSSR count). The summed E-state index contributed by atoms with van der Waals surface area (Å²) in [5, 5.41) is 8.83. The van der Waals surface area contributed by atoms with Crippen molar-refractivity contribution in [2.24, 2.45) is 0 Å². The van der Waals surface area contributed by atoms with Gasteiger partial charge in [-0.25, -0.2) is 0 Å². The van der Waals surface area contributed by atoms with Crippen molar-refractivity contribution in [2.75, 3.05) is 6.79 Å². The molecule has 1 heterocycles. The van der Waals surface area contributed by atoms with E-state index in [1.165, 1.54) is 0 Å². The van der Waals surface area contributed by atoms with Gasteiger partial charge in [0.05, 0.1) is 11.6 Å². The maximum Gasteiger partial charge on any atom is 0.231 e. The van der Waals surface area contributed by atoms with Crippen molar-refractivity contribution < 1.29 is 9.47 Å². The molecule has 0 atom stereocenters. The SMILES string of the molecule is CCc1c(C#N)ccc2c1OCO2. The minimum Gasteiger partial charge on any atom is -0.454 e. The Kier molecular flexibility index (Phi) is 1.82. The molecule has 3 heteroatoms. The van der Waals surface area contributed by atoms with E-state index in [-0.39, 0.29) is 6.79 Å². The van der Waals surface area contributed by atoms with Crippen LogP contribution in [0.5, 0.6) is 11.5 Å². The van der Waals surface area contributed by atoms with Gasteiger partial charge in [0.15, 0.2) is 11.5 Å².